The number of amides is 1. The standard InChI is InChI=1S/C11H16N2O3S/c1-7(2)13-9(14)3-5-16-11(15)10-8(12)4-6-17-10/h4,6-7H,3,5,12H2,1-2H3,(H,13,14). The molecule has 0 saturated heterocycles. The average molecular weight is 256 g/mol. The quantitative estimate of drug-likeness (QED) is 0.780. The van der Waals surface area contributed by atoms with Crippen LogP contribution in [0.5, 0.6) is 0 Å². The van der Waals surface area contributed by atoms with Gasteiger partial charge in [0.25, 0.3) is 0 Å². The number of ether oxygens (including phenoxy) is 1. The molecule has 1 rings (SSSR count). The molecule has 0 aliphatic heterocycles. The largest absolute Gasteiger partial charge is 0.461 e. The Balaban J connectivity index is 2.30. The van der Waals surface area contributed by atoms with Crippen LogP contribution in [0.3, 0.4) is 0 Å². The molecular formula is C11H16N2O3S. The Hall–Kier alpha value is -1.56. The summed E-state index contributed by atoms with van der Waals surface area (Å²) >= 11 is 1.23. The number of thiophene rings is 1. The minimum atomic E-state index is -0.477. The maximum absolute atomic E-state index is 11.5. The Morgan fingerprint density at radius 2 is 2.24 bits per heavy atom. The third kappa shape index (κ3) is 4.44. The smallest absolute Gasteiger partial charge is 0.350 e. The number of esters is 1. The number of nitrogens with one attached hydrogen (secondary N) is 1. The Labute approximate surface area is 104 Å². The van der Waals surface area contributed by atoms with Crippen molar-refractivity contribution in [2.24, 2.45) is 0 Å². The predicted molar refractivity (Wildman–Crippen MR) is 66.9 cm³/mol. The molecule has 0 atom stereocenters. The zero-order valence-electron chi connectivity index (χ0n) is 9.86. The number of nitrogens with two attached hydrogens (primary N) is 1. The third-order valence-corrected chi connectivity index (χ3v) is 2.80. The lowest BCUT2D eigenvalue weighted by atomic mass is 10.3. The van der Waals surface area contributed by atoms with Crippen molar-refractivity contribution in [3.8, 4) is 0 Å². The fourth-order valence-electron chi connectivity index (χ4n) is 1.18. The fourth-order valence-corrected chi connectivity index (χ4v) is 1.89. The van der Waals surface area contributed by atoms with Crippen LogP contribution < -0.4 is 11.1 Å². The van der Waals surface area contributed by atoms with Crippen LogP contribution in [-0.2, 0) is 9.53 Å². The lowest BCUT2D eigenvalue weighted by molar-refractivity contribution is -0.122. The first-order valence-electron chi connectivity index (χ1n) is 5.30. The number of hydrogen-bond donors (Lipinski definition) is 2. The molecule has 1 amide bonds. The van der Waals surface area contributed by atoms with Gasteiger partial charge in [-0.15, -0.1) is 11.3 Å². The van der Waals surface area contributed by atoms with Gasteiger partial charge >= 0.3 is 5.97 Å². The van der Waals surface area contributed by atoms with Gasteiger partial charge in [-0.2, -0.15) is 0 Å². The highest BCUT2D eigenvalue weighted by Crippen LogP contribution is 2.19. The number of anilines is 1. The topological polar surface area (TPSA) is 81.4 Å². The van der Waals surface area contributed by atoms with E-state index in [4.69, 9.17) is 10.5 Å². The van der Waals surface area contributed by atoms with Crippen molar-refractivity contribution in [1.82, 2.24) is 5.32 Å². The molecule has 0 aliphatic rings. The third-order valence-electron chi connectivity index (χ3n) is 1.89. The lowest BCUT2D eigenvalue weighted by Crippen LogP contribution is -2.31. The minimum absolute atomic E-state index is 0.0642. The van der Waals surface area contributed by atoms with Crippen LogP contribution in [0, 0.1) is 0 Å². The second kappa shape index (κ2) is 6.24. The van der Waals surface area contributed by atoms with Crippen LogP contribution in [0.4, 0.5) is 5.69 Å². The van der Waals surface area contributed by atoms with Crippen LogP contribution >= 0.6 is 11.3 Å². The van der Waals surface area contributed by atoms with Gasteiger partial charge in [0.2, 0.25) is 5.91 Å². The Kier molecular flexibility index (Phi) is 4.96. The highest BCUT2D eigenvalue weighted by atomic mass is 32.1. The molecule has 0 spiro atoms. The van der Waals surface area contributed by atoms with Gasteiger partial charge in [0.1, 0.15) is 11.5 Å². The van der Waals surface area contributed by atoms with Crippen molar-refractivity contribution in [2.45, 2.75) is 26.3 Å². The first-order valence-corrected chi connectivity index (χ1v) is 6.18. The summed E-state index contributed by atoms with van der Waals surface area (Å²) in [6.07, 6.45) is 0.162. The molecule has 0 radical (unpaired) electrons. The number of carbonyl (C=O) groups excluding carboxylic acids is 2. The van der Waals surface area contributed by atoms with E-state index in [1.54, 1.807) is 11.4 Å². The molecule has 1 aromatic rings. The summed E-state index contributed by atoms with van der Waals surface area (Å²) < 4.78 is 4.95. The summed E-state index contributed by atoms with van der Waals surface area (Å²) in [5.41, 5.74) is 5.98. The van der Waals surface area contributed by atoms with Crippen LogP contribution in [0.1, 0.15) is 29.9 Å². The SMILES string of the molecule is CC(C)NC(=O)CCOC(=O)c1sccc1N. The van der Waals surface area contributed by atoms with E-state index in [1.807, 2.05) is 13.8 Å². The molecule has 3 N–H and O–H groups in total. The van der Waals surface area contributed by atoms with E-state index in [1.165, 1.54) is 11.3 Å². The summed E-state index contributed by atoms with van der Waals surface area (Å²) in [4.78, 5) is 23.2. The van der Waals surface area contributed by atoms with Gasteiger partial charge < -0.3 is 15.8 Å². The molecule has 0 aromatic carbocycles. The van der Waals surface area contributed by atoms with Gasteiger partial charge in [-0.25, -0.2) is 4.79 Å². The van der Waals surface area contributed by atoms with E-state index in [2.05, 4.69) is 5.32 Å². The van der Waals surface area contributed by atoms with Gasteiger partial charge in [-0.05, 0) is 25.3 Å². The normalized spacial score (nSPS) is 10.3. The second-order valence-electron chi connectivity index (χ2n) is 3.81. The summed E-state index contributed by atoms with van der Waals surface area (Å²) in [7, 11) is 0. The van der Waals surface area contributed by atoms with Gasteiger partial charge in [-0.1, -0.05) is 0 Å². The predicted octanol–water partition coefficient (Wildman–Crippen LogP) is 1.40. The molecule has 0 unspecified atom stereocenters. The maximum atomic E-state index is 11.5. The number of rotatable bonds is 5. The highest BCUT2D eigenvalue weighted by molar-refractivity contribution is 7.12. The van der Waals surface area contributed by atoms with E-state index in [9.17, 15) is 9.59 Å². The summed E-state index contributed by atoms with van der Waals surface area (Å²) in [5, 5.41) is 4.43. The molecule has 17 heavy (non-hydrogen) atoms. The molecule has 0 bridgehead atoms. The Bertz CT molecular complexity index is 401. The molecule has 0 aliphatic carbocycles. The van der Waals surface area contributed by atoms with Crippen molar-refractivity contribution in [3.63, 3.8) is 0 Å². The summed E-state index contributed by atoms with van der Waals surface area (Å²) in [6, 6.07) is 1.73. The van der Waals surface area contributed by atoms with Crippen molar-refractivity contribution in [3.05, 3.63) is 16.3 Å². The van der Waals surface area contributed by atoms with Crippen LogP contribution in [0.15, 0.2) is 11.4 Å². The molecule has 0 saturated carbocycles. The first-order chi connectivity index (χ1) is 8.00. The average Bonchev–Trinajstić information content (AvgIpc) is 2.63. The van der Waals surface area contributed by atoms with Gasteiger partial charge in [-0.3, -0.25) is 4.79 Å². The Morgan fingerprint density at radius 3 is 2.76 bits per heavy atom. The van der Waals surface area contributed by atoms with E-state index in [-0.39, 0.29) is 25.0 Å². The highest BCUT2D eigenvalue weighted by Gasteiger charge is 2.13. The van der Waals surface area contributed by atoms with Crippen molar-refractivity contribution < 1.29 is 14.3 Å². The molecule has 94 valence electrons. The summed E-state index contributed by atoms with van der Waals surface area (Å²) in [6.45, 7) is 3.81. The van der Waals surface area contributed by atoms with Crippen LogP contribution in [0.2, 0.25) is 0 Å². The van der Waals surface area contributed by atoms with E-state index < -0.39 is 5.97 Å². The summed E-state index contributed by atoms with van der Waals surface area (Å²) in [5.74, 6) is -0.609. The lowest BCUT2D eigenvalue weighted by Gasteiger charge is -2.08. The van der Waals surface area contributed by atoms with Crippen molar-refractivity contribution in [1.29, 1.82) is 0 Å². The molecular weight excluding hydrogens is 240 g/mol. The monoisotopic (exact) mass is 256 g/mol. The van der Waals surface area contributed by atoms with Crippen LogP contribution in [-0.4, -0.2) is 24.5 Å². The van der Waals surface area contributed by atoms with Gasteiger partial charge in [0.15, 0.2) is 0 Å². The van der Waals surface area contributed by atoms with Gasteiger partial charge in [0.05, 0.1) is 12.1 Å². The maximum Gasteiger partial charge on any atom is 0.350 e. The first kappa shape index (κ1) is 13.5. The zero-order valence-corrected chi connectivity index (χ0v) is 10.7. The molecule has 6 heteroatoms. The molecule has 5 nitrogen and oxygen atoms in total. The number of hydrogen-bond acceptors (Lipinski definition) is 5. The van der Waals surface area contributed by atoms with E-state index in [0.717, 1.165) is 0 Å². The van der Waals surface area contributed by atoms with E-state index in [0.29, 0.717) is 10.6 Å². The van der Waals surface area contributed by atoms with E-state index >= 15 is 0 Å². The minimum Gasteiger partial charge on any atom is -0.461 e. The molecule has 1 aromatic heterocycles. The fraction of sp³-hybridized carbons (Fsp3) is 0.455. The second-order valence-corrected chi connectivity index (χ2v) is 4.73. The number of carbonyl (C=O) groups is 2. The van der Waals surface area contributed by atoms with Crippen molar-refractivity contribution in [2.75, 3.05) is 12.3 Å². The van der Waals surface area contributed by atoms with Gasteiger partial charge in [0, 0.05) is 6.04 Å². The van der Waals surface area contributed by atoms with Crippen LogP contribution in [0.25, 0.3) is 0 Å². The molecule has 1 heterocycles. The zero-order chi connectivity index (χ0) is 12.8. The Morgan fingerprint density at radius 1 is 1.53 bits per heavy atom. The number of nitrogen functional groups attached to an aromatic ring is 1. The van der Waals surface area contributed by atoms with Crippen molar-refractivity contribution >= 4 is 28.9 Å². The molecule has 0 fully saturated rings.